The van der Waals surface area contributed by atoms with Gasteiger partial charge in [-0.2, -0.15) is 0 Å². The Kier molecular flexibility index (Phi) is 4.29. The first-order chi connectivity index (χ1) is 9.02. The molecule has 1 aromatic rings. The predicted octanol–water partition coefficient (Wildman–Crippen LogP) is 3.60. The zero-order valence-electron chi connectivity index (χ0n) is 11.1. The molecule has 1 aromatic carbocycles. The van der Waals surface area contributed by atoms with E-state index in [1.54, 1.807) is 6.07 Å². The molecule has 1 aliphatic rings. The number of nitrogens with zero attached hydrogens (tertiary/aromatic N) is 2. The predicted molar refractivity (Wildman–Crippen MR) is 78.0 cm³/mol. The highest BCUT2D eigenvalue weighted by Crippen LogP contribution is 2.39. The van der Waals surface area contributed by atoms with Crippen molar-refractivity contribution in [2.75, 3.05) is 25.1 Å². The molecule has 0 bridgehead atoms. The lowest BCUT2D eigenvalue weighted by molar-refractivity contribution is -0.385. The molecule has 0 spiro atoms. The maximum atomic E-state index is 11.0. The highest BCUT2D eigenvalue weighted by molar-refractivity contribution is 9.10. The summed E-state index contributed by atoms with van der Waals surface area (Å²) in [4.78, 5) is 12.8. The molecule has 2 rings (SSSR count). The summed E-state index contributed by atoms with van der Waals surface area (Å²) in [6.45, 7) is 4.17. The van der Waals surface area contributed by atoms with Gasteiger partial charge in [0, 0.05) is 29.7 Å². The Morgan fingerprint density at radius 2 is 2.26 bits per heavy atom. The average molecular weight is 329 g/mol. The van der Waals surface area contributed by atoms with Crippen molar-refractivity contribution in [3.05, 3.63) is 26.7 Å². The first-order valence-electron chi connectivity index (χ1n) is 6.29. The SMILES string of the molecule is COc1cc(N2CCCC(C)C2)c(Br)cc1[N+](=O)[O-]. The number of benzene rings is 1. The van der Waals surface area contributed by atoms with E-state index in [0.717, 1.165) is 29.7 Å². The number of hydrogen-bond donors (Lipinski definition) is 0. The van der Waals surface area contributed by atoms with Gasteiger partial charge >= 0.3 is 5.69 Å². The minimum atomic E-state index is -0.424. The molecule has 1 unspecified atom stereocenters. The number of nitro groups is 1. The highest BCUT2D eigenvalue weighted by atomic mass is 79.9. The number of anilines is 1. The smallest absolute Gasteiger partial charge is 0.312 e. The zero-order chi connectivity index (χ0) is 14.0. The van der Waals surface area contributed by atoms with E-state index in [4.69, 9.17) is 4.74 Å². The molecule has 104 valence electrons. The maximum absolute atomic E-state index is 11.0. The molecular weight excluding hydrogens is 312 g/mol. The van der Waals surface area contributed by atoms with Crippen molar-refractivity contribution in [3.8, 4) is 5.75 Å². The van der Waals surface area contributed by atoms with Gasteiger partial charge in [-0.25, -0.2) is 0 Å². The lowest BCUT2D eigenvalue weighted by Gasteiger charge is -2.33. The van der Waals surface area contributed by atoms with E-state index in [1.165, 1.54) is 19.6 Å². The van der Waals surface area contributed by atoms with Crippen LogP contribution in [0.25, 0.3) is 0 Å². The summed E-state index contributed by atoms with van der Waals surface area (Å²) in [5, 5.41) is 11.0. The van der Waals surface area contributed by atoms with E-state index in [0.29, 0.717) is 11.7 Å². The molecule has 0 radical (unpaired) electrons. The number of hydrogen-bond acceptors (Lipinski definition) is 4. The van der Waals surface area contributed by atoms with E-state index in [1.807, 2.05) is 0 Å². The molecule has 5 nitrogen and oxygen atoms in total. The fourth-order valence-corrected chi connectivity index (χ4v) is 3.07. The first kappa shape index (κ1) is 14.1. The van der Waals surface area contributed by atoms with E-state index in [-0.39, 0.29) is 5.69 Å². The fraction of sp³-hybridized carbons (Fsp3) is 0.538. The number of nitro benzene ring substituents is 1. The van der Waals surface area contributed by atoms with Crippen LogP contribution < -0.4 is 9.64 Å². The van der Waals surface area contributed by atoms with Gasteiger partial charge in [0.05, 0.1) is 17.7 Å². The average Bonchev–Trinajstić information content (AvgIpc) is 2.38. The number of methoxy groups -OCH3 is 1. The highest BCUT2D eigenvalue weighted by Gasteiger charge is 2.23. The van der Waals surface area contributed by atoms with Crippen molar-refractivity contribution in [1.29, 1.82) is 0 Å². The molecule has 1 aliphatic heterocycles. The van der Waals surface area contributed by atoms with E-state index in [2.05, 4.69) is 27.8 Å². The zero-order valence-corrected chi connectivity index (χ0v) is 12.6. The molecule has 19 heavy (non-hydrogen) atoms. The van der Waals surface area contributed by atoms with Crippen LogP contribution in [-0.2, 0) is 0 Å². The van der Waals surface area contributed by atoms with Gasteiger partial charge in [0.2, 0.25) is 0 Å². The third kappa shape index (κ3) is 3.00. The number of halogens is 1. The second kappa shape index (κ2) is 5.77. The van der Waals surface area contributed by atoms with Gasteiger partial charge < -0.3 is 9.64 Å². The second-order valence-corrected chi connectivity index (χ2v) is 5.78. The summed E-state index contributed by atoms with van der Waals surface area (Å²) in [6.07, 6.45) is 2.38. The Bertz CT molecular complexity index is 493. The van der Waals surface area contributed by atoms with Crippen LogP contribution in [0, 0.1) is 16.0 Å². The van der Waals surface area contributed by atoms with E-state index >= 15 is 0 Å². The maximum Gasteiger partial charge on any atom is 0.312 e. The molecule has 0 saturated carbocycles. The topological polar surface area (TPSA) is 55.6 Å². The molecule has 6 heteroatoms. The van der Waals surface area contributed by atoms with Gasteiger partial charge in [0.15, 0.2) is 5.75 Å². The fourth-order valence-electron chi connectivity index (χ4n) is 2.49. The van der Waals surface area contributed by atoms with Crippen molar-refractivity contribution in [3.63, 3.8) is 0 Å². The quantitative estimate of drug-likeness (QED) is 0.628. The van der Waals surface area contributed by atoms with Crippen LogP contribution in [0.5, 0.6) is 5.75 Å². The van der Waals surface area contributed by atoms with Crippen LogP contribution in [0.15, 0.2) is 16.6 Å². The normalized spacial score (nSPS) is 19.3. The summed E-state index contributed by atoms with van der Waals surface area (Å²) < 4.78 is 5.88. The Balaban J connectivity index is 2.38. The molecule has 0 N–H and O–H groups in total. The monoisotopic (exact) mass is 328 g/mol. The van der Waals surface area contributed by atoms with Gasteiger partial charge in [-0.05, 0) is 34.7 Å². The lowest BCUT2D eigenvalue weighted by atomic mass is 10.00. The Morgan fingerprint density at radius 3 is 2.84 bits per heavy atom. The standard InChI is InChI=1S/C13H17BrN2O3/c1-9-4-3-5-15(8-9)11-7-13(19-2)12(16(17)18)6-10(11)14/h6-7,9H,3-5,8H2,1-2H3. The van der Waals surface area contributed by atoms with Crippen molar-refractivity contribution in [1.82, 2.24) is 0 Å². The van der Waals surface area contributed by atoms with Crippen molar-refractivity contribution in [2.45, 2.75) is 19.8 Å². The third-order valence-electron chi connectivity index (χ3n) is 3.44. The van der Waals surface area contributed by atoms with Crippen LogP contribution >= 0.6 is 15.9 Å². The molecule has 0 aromatic heterocycles. The van der Waals surface area contributed by atoms with Crippen LogP contribution in [0.4, 0.5) is 11.4 Å². The van der Waals surface area contributed by atoms with Gasteiger partial charge in [-0.1, -0.05) is 6.92 Å². The van der Waals surface area contributed by atoms with Crippen LogP contribution in [0.3, 0.4) is 0 Å². The summed E-state index contributed by atoms with van der Waals surface area (Å²) in [5.41, 5.74) is 0.956. The van der Waals surface area contributed by atoms with Crippen molar-refractivity contribution >= 4 is 27.3 Å². The van der Waals surface area contributed by atoms with Crippen LogP contribution in [0.2, 0.25) is 0 Å². The van der Waals surface area contributed by atoms with E-state index < -0.39 is 4.92 Å². The minimum absolute atomic E-state index is 0.0109. The Morgan fingerprint density at radius 1 is 1.53 bits per heavy atom. The summed E-state index contributed by atoms with van der Waals surface area (Å²) in [5.74, 6) is 0.947. The Labute approximate surface area is 120 Å². The molecular formula is C13H17BrN2O3. The van der Waals surface area contributed by atoms with Crippen molar-refractivity contribution < 1.29 is 9.66 Å². The molecule has 0 aliphatic carbocycles. The first-order valence-corrected chi connectivity index (χ1v) is 7.09. The summed E-state index contributed by atoms with van der Waals surface area (Å²) >= 11 is 3.43. The molecule has 1 fully saturated rings. The lowest BCUT2D eigenvalue weighted by Crippen LogP contribution is -2.34. The number of rotatable bonds is 3. The van der Waals surface area contributed by atoms with Gasteiger partial charge in [0.25, 0.3) is 0 Å². The van der Waals surface area contributed by atoms with Crippen LogP contribution in [-0.4, -0.2) is 25.1 Å². The van der Waals surface area contributed by atoms with Gasteiger partial charge in [-0.15, -0.1) is 0 Å². The summed E-state index contributed by atoms with van der Waals surface area (Å²) in [6, 6.07) is 3.27. The van der Waals surface area contributed by atoms with Gasteiger partial charge in [-0.3, -0.25) is 10.1 Å². The van der Waals surface area contributed by atoms with Crippen LogP contribution in [0.1, 0.15) is 19.8 Å². The second-order valence-electron chi connectivity index (χ2n) is 4.93. The molecule has 1 saturated heterocycles. The van der Waals surface area contributed by atoms with Gasteiger partial charge in [0.1, 0.15) is 0 Å². The molecule has 1 atom stereocenters. The van der Waals surface area contributed by atoms with E-state index in [9.17, 15) is 10.1 Å². The number of piperidine rings is 1. The third-order valence-corrected chi connectivity index (χ3v) is 4.08. The summed E-state index contributed by atoms with van der Waals surface area (Å²) in [7, 11) is 1.46. The minimum Gasteiger partial charge on any atom is -0.490 e. The molecule has 0 amide bonds. The largest absolute Gasteiger partial charge is 0.490 e. The number of ether oxygens (including phenoxy) is 1. The molecule has 1 heterocycles. The van der Waals surface area contributed by atoms with Crippen molar-refractivity contribution in [2.24, 2.45) is 5.92 Å². The Hall–Kier alpha value is -1.30.